The van der Waals surface area contributed by atoms with Gasteiger partial charge >= 0.3 is 0 Å². The Morgan fingerprint density at radius 1 is 1.40 bits per heavy atom. The Morgan fingerprint density at radius 2 is 2.20 bits per heavy atom. The second kappa shape index (κ2) is 7.28. The van der Waals surface area contributed by atoms with E-state index < -0.39 is 0 Å². The third-order valence-corrected chi connectivity index (χ3v) is 3.59. The molecule has 4 nitrogen and oxygen atoms in total. The zero-order valence-electron chi connectivity index (χ0n) is 12.2. The molecule has 1 aromatic rings. The lowest BCUT2D eigenvalue weighted by atomic mass is 10.2. The molecule has 0 amide bonds. The van der Waals surface area contributed by atoms with Crippen LogP contribution in [0.5, 0.6) is 5.75 Å². The van der Waals surface area contributed by atoms with Crippen LogP contribution in [0, 0.1) is 11.3 Å². The maximum atomic E-state index is 8.99. The Balaban J connectivity index is 1.75. The van der Waals surface area contributed by atoms with Crippen LogP contribution in [0.15, 0.2) is 24.3 Å². The summed E-state index contributed by atoms with van der Waals surface area (Å²) in [5.41, 5.74) is 0.598. The Morgan fingerprint density at radius 3 is 3.00 bits per heavy atom. The summed E-state index contributed by atoms with van der Waals surface area (Å²) in [6, 6.07) is 9.98. The fourth-order valence-corrected chi connectivity index (χ4v) is 2.42. The molecule has 0 saturated carbocycles. The molecule has 108 valence electrons. The lowest BCUT2D eigenvalue weighted by molar-refractivity contribution is -0.0502. The van der Waals surface area contributed by atoms with Crippen molar-refractivity contribution >= 4 is 0 Å². The normalized spacial score (nSPS) is 23.2. The smallest absolute Gasteiger partial charge is 0.137 e. The van der Waals surface area contributed by atoms with E-state index >= 15 is 0 Å². The minimum Gasteiger partial charge on any atom is -0.492 e. The van der Waals surface area contributed by atoms with E-state index in [4.69, 9.17) is 14.7 Å². The van der Waals surface area contributed by atoms with Crippen LogP contribution < -0.4 is 4.74 Å². The molecular weight excluding hydrogens is 252 g/mol. The fraction of sp³-hybridized carbons (Fsp3) is 0.562. The molecule has 0 bridgehead atoms. The first-order valence-electron chi connectivity index (χ1n) is 7.18. The van der Waals surface area contributed by atoms with E-state index in [-0.39, 0.29) is 0 Å². The molecule has 0 aliphatic carbocycles. The molecule has 1 aromatic carbocycles. The standard InChI is InChI=1S/C16H22N2O2/c1-13-12-20-14(2)11-18(13)8-5-9-19-16-7-4-3-6-15(16)10-17/h3-4,6-7,13-14H,5,8-9,11-12H2,1-2H3. The van der Waals surface area contributed by atoms with Crippen LogP contribution in [0.4, 0.5) is 0 Å². The van der Waals surface area contributed by atoms with Crippen molar-refractivity contribution in [3.8, 4) is 11.8 Å². The van der Waals surface area contributed by atoms with Crippen molar-refractivity contribution in [1.29, 1.82) is 5.26 Å². The first-order chi connectivity index (χ1) is 9.70. The lowest BCUT2D eigenvalue weighted by Crippen LogP contribution is -2.47. The third-order valence-electron chi connectivity index (χ3n) is 3.59. The number of hydrogen-bond donors (Lipinski definition) is 0. The van der Waals surface area contributed by atoms with E-state index in [2.05, 4.69) is 24.8 Å². The maximum Gasteiger partial charge on any atom is 0.137 e. The van der Waals surface area contributed by atoms with Crippen LogP contribution in [0.1, 0.15) is 25.8 Å². The molecule has 0 radical (unpaired) electrons. The largest absolute Gasteiger partial charge is 0.492 e. The molecule has 0 aromatic heterocycles. The van der Waals surface area contributed by atoms with Gasteiger partial charge in [0.15, 0.2) is 0 Å². The van der Waals surface area contributed by atoms with Gasteiger partial charge in [0, 0.05) is 19.1 Å². The average molecular weight is 274 g/mol. The maximum absolute atomic E-state index is 8.99. The molecular formula is C16H22N2O2. The number of nitrogens with zero attached hydrogens (tertiary/aromatic N) is 2. The van der Waals surface area contributed by atoms with Crippen LogP contribution in [0.2, 0.25) is 0 Å². The van der Waals surface area contributed by atoms with Crippen molar-refractivity contribution in [2.24, 2.45) is 0 Å². The van der Waals surface area contributed by atoms with E-state index in [0.717, 1.165) is 26.1 Å². The van der Waals surface area contributed by atoms with Gasteiger partial charge in [0.1, 0.15) is 11.8 Å². The van der Waals surface area contributed by atoms with Gasteiger partial charge in [0.2, 0.25) is 0 Å². The Labute approximate surface area is 120 Å². The number of benzene rings is 1. The summed E-state index contributed by atoms with van der Waals surface area (Å²) in [6.45, 7) is 7.73. The number of nitriles is 1. The van der Waals surface area contributed by atoms with Gasteiger partial charge in [0.25, 0.3) is 0 Å². The first-order valence-corrected chi connectivity index (χ1v) is 7.18. The molecule has 2 unspecified atom stereocenters. The molecule has 0 N–H and O–H groups in total. The topological polar surface area (TPSA) is 45.5 Å². The van der Waals surface area contributed by atoms with E-state index in [0.29, 0.717) is 30.1 Å². The monoisotopic (exact) mass is 274 g/mol. The predicted octanol–water partition coefficient (Wildman–Crippen LogP) is 2.44. The van der Waals surface area contributed by atoms with E-state index in [1.54, 1.807) is 6.07 Å². The van der Waals surface area contributed by atoms with Gasteiger partial charge in [-0.1, -0.05) is 12.1 Å². The Bertz CT molecular complexity index is 470. The molecule has 20 heavy (non-hydrogen) atoms. The van der Waals surface area contributed by atoms with Gasteiger partial charge in [-0.25, -0.2) is 0 Å². The molecule has 1 saturated heterocycles. The van der Waals surface area contributed by atoms with Gasteiger partial charge in [0.05, 0.1) is 24.9 Å². The summed E-state index contributed by atoms with van der Waals surface area (Å²) in [5, 5.41) is 8.99. The highest BCUT2D eigenvalue weighted by Gasteiger charge is 2.22. The highest BCUT2D eigenvalue weighted by Crippen LogP contribution is 2.17. The van der Waals surface area contributed by atoms with E-state index in [1.165, 1.54) is 0 Å². The molecule has 1 aliphatic heterocycles. The van der Waals surface area contributed by atoms with Crippen molar-refractivity contribution in [2.75, 3.05) is 26.3 Å². The molecule has 1 aliphatic rings. The first kappa shape index (κ1) is 14.8. The summed E-state index contributed by atoms with van der Waals surface area (Å²) in [7, 11) is 0. The highest BCUT2D eigenvalue weighted by molar-refractivity contribution is 5.42. The molecule has 2 rings (SSSR count). The summed E-state index contributed by atoms with van der Waals surface area (Å²) < 4.78 is 11.3. The van der Waals surface area contributed by atoms with Gasteiger partial charge in [-0.15, -0.1) is 0 Å². The average Bonchev–Trinajstić information content (AvgIpc) is 2.47. The van der Waals surface area contributed by atoms with Gasteiger partial charge in [-0.2, -0.15) is 5.26 Å². The number of para-hydroxylation sites is 1. The summed E-state index contributed by atoms with van der Waals surface area (Å²) >= 11 is 0. The van der Waals surface area contributed by atoms with Crippen molar-refractivity contribution in [3.63, 3.8) is 0 Å². The zero-order valence-corrected chi connectivity index (χ0v) is 12.2. The molecule has 0 spiro atoms. The quantitative estimate of drug-likeness (QED) is 0.774. The molecule has 4 heteroatoms. The molecule has 2 atom stereocenters. The SMILES string of the molecule is CC1CN(CCCOc2ccccc2C#N)C(C)CO1. The van der Waals surface area contributed by atoms with Crippen molar-refractivity contribution < 1.29 is 9.47 Å². The van der Waals surface area contributed by atoms with Gasteiger partial charge < -0.3 is 9.47 Å². The minimum atomic E-state index is 0.312. The van der Waals surface area contributed by atoms with Crippen molar-refractivity contribution in [1.82, 2.24) is 4.90 Å². The highest BCUT2D eigenvalue weighted by atomic mass is 16.5. The second-order valence-electron chi connectivity index (χ2n) is 5.30. The summed E-state index contributed by atoms with van der Waals surface area (Å²) in [4.78, 5) is 2.44. The predicted molar refractivity (Wildman–Crippen MR) is 77.7 cm³/mol. The van der Waals surface area contributed by atoms with Crippen LogP contribution >= 0.6 is 0 Å². The lowest BCUT2D eigenvalue weighted by Gasteiger charge is -2.36. The summed E-state index contributed by atoms with van der Waals surface area (Å²) in [6.07, 6.45) is 1.27. The minimum absolute atomic E-state index is 0.312. The number of rotatable bonds is 5. The fourth-order valence-electron chi connectivity index (χ4n) is 2.42. The van der Waals surface area contributed by atoms with Crippen LogP contribution in [0.25, 0.3) is 0 Å². The number of ether oxygens (including phenoxy) is 2. The van der Waals surface area contributed by atoms with Crippen LogP contribution in [-0.2, 0) is 4.74 Å². The molecule has 1 fully saturated rings. The van der Waals surface area contributed by atoms with Crippen molar-refractivity contribution in [3.05, 3.63) is 29.8 Å². The molecule has 1 heterocycles. The Hall–Kier alpha value is -1.57. The van der Waals surface area contributed by atoms with Gasteiger partial charge in [-0.05, 0) is 32.4 Å². The third kappa shape index (κ3) is 3.96. The zero-order chi connectivity index (χ0) is 14.4. The van der Waals surface area contributed by atoms with E-state index in [9.17, 15) is 0 Å². The number of morpholine rings is 1. The van der Waals surface area contributed by atoms with E-state index in [1.807, 2.05) is 18.2 Å². The number of hydrogen-bond acceptors (Lipinski definition) is 4. The Kier molecular flexibility index (Phi) is 5.40. The van der Waals surface area contributed by atoms with Gasteiger partial charge in [-0.3, -0.25) is 4.90 Å². The second-order valence-corrected chi connectivity index (χ2v) is 5.30. The van der Waals surface area contributed by atoms with Crippen molar-refractivity contribution in [2.45, 2.75) is 32.4 Å². The van der Waals surface area contributed by atoms with Crippen LogP contribution in [-0.4, -0.2) is 43.3 Å². The summed E-state index contributed by atoms with van der Waals surface area (Å²) in [5.74, 6) is 0.679. The van der Waals surface area contributed by atoms with Crippen LogP contribution in [0.3, 0.4) is 0 Å².